The molecule has 0 aliphatic rings. The Kier molecular flexibility index (Phi) is 4.85. The standard InChI is InChI=1S/C18H16N2O5S/c1-13-15(8-5-9-17(13)20(21)22)11-26(23,24)12-16-10-18(25-19-16)14-6-3-2-4-7-14/h2-10H,11-12H2,1H3. The molecular weight excluding hydrogens is 356 g/mol. The SMILES string of the molecule is Cc1c(CS(=O)(=O)Cc2cc(-c3ccccc3)on2)cccc1[N+](=O)[O-]. The summed E-state index contributed by atoms with van der Waals surface area (Å²) in [5.74, 6) is -0.109. The molecule has 2 aromatic carbocycles. The fraction of sp³-hybridized carbons (Fsp3) is 0.167. The molecular formula is C18H16N2O5S. The fourth-order valence-corrected chi connectivity index (χ4v) is 4.13. The van der Waals surface area contributed by atoms with Crippen molar-refractivity contribution in [2.45, 2.75) is 18.4 Å². The van der Waals surface area contributed by atoms with E-state index in [1.54, 1.807) is 19.1 Å². The van der Waals surface area contributed by atoms with Crippen molar-refractivity contribution in [1.82, 2.24) is 5.16 Å². The fourth-order valence-electron chi connectivity index (χ4n) is 2.66. The number of rotatable bonds is 6. The predicted octanol–water partition coefficient (Wildman–Crippen LogP) is 3.67. The first-order valence-electron chi connectivity index (χ1n) is 7.80. The molecule has 0 bridgehead atoms. The molecule has 134 valence electrons. The Balaban J connectivity index is 1.79. The maximum Gasteiger partial charge on any atom is 0.272 e. The molecule has 1 heterocycles. The first-order chi connectivity index (χ1) is 12.4. The van der Waals surface area contributed by atoms with Crippen LogP contribution in [0.2, 0.25) is 0 Å². The maximum atomic E-state index is 12.5. The third-order valence-electron chi connectivity index (χ3n) is 3.97. The highest BCUT2D eigenvalue weighted by atomic mass is 32.2. The summed E-state index contributed by atoms with van der Waals surface area (Å²) >= 11 is 0. The van der Waals surface area contributed by atoms with Gasteiger partial charge in [-0.2, -0.15) is 0 Å². The normalized spacial score (nSPS) is 11.4. The lowest BCUT2D eigenvalue weighted by molar-refractivity contribution is -0.385. The van der Waals surface area contributed by atoms with E-state index in [-0.39, 0.29) is 17.2 Å². The Morgan fingerprint density at radius 3 is 2.50 bits per heavy atom. The van der Waals surface area contributed by atoms with Gasteiger partial charge in [-0.3, -0.25) is 10.1 Å². The average molecular weight is 372 g/mol. The topological polar surface area (TPSA) is 103 Å². The molecule has 3 aromatic rings. The van der Waals surface area contributed by atoms with Crippen LogP contribution in [0.4, 0.5) is 5.69 Å². The second-order valence-electron chi connectivity index (χ2n) is 5.90. The highest BCUT2D eigenvalue weighted by Gasteiger charge is 2.21. The van der Waals surface area contributed by atoms with Gasteiger partial charge in [-0.05, 0) is 12.5 Å². The van der Waals surface area contributed by atoms with Gasteiger partial charge in [-0.15, -0.1) is 0 Å². The molecule has 0 fully saturated rings. The Labute approximate surface area is 150 Å². The van der Waals surface area contributed by atoms with Gasteiger partial charge in [0.2, 0.25) is 0 Å². The van der Waals surface area contributed by atoms with Crippen LogP contribution in [0.25, 0.3) is 11.3 Å². The van der Waals surface area contributed by atoms with Crippen LogP contribution in [-0.4, -0.2) is 18.5 Å². The van der Waals surface area contributed by atoms with Crippen molar-refractivity contribution in [3.63, 3.8) is 0 Å². The van der Waals surface area contributed by atoms with Crippen LogP contribution in [0.15, 0.2) is 59.1 Å². The summed E-state index contributed by atoms with van der Waals surface area (Å²) in [6.45, 7) is 1.55. The molecule has 8 heteroatoms. The lowest BCUT2D eigenvalue weighted by atomic mass is 10.1. The van der Waals surface area contributed by atoms with E-state index in [1.807, 2.05) is 30.3 Å². The number of benzene rings is 2. The maximum absolute atomic E-state index is 12.5. The Morgan fingerprint density at radius 2 is 1.81 bits per heavy atom. The molecule has 7 nitrogen and oxygen atoms in total. The second kappa shape index (κ2) is 7.09. The van der Waals surface area contributed by atoms with Gasteiger partial charge in [0.05, 0.1) is 22.1 Å². The van der Waals surface area contributed by atoms with Gasteiger partial charge in [-0.1, -0.05) is 47.6 Å². The van der Waals surface area contributed by atoms with Gasteiger partial charge in [0.25, 0.3) is 5.69 Å². The summed E-state index contributed by atoms with van der Waals surface area (Å²) in [4.78, 5) is 10.5. The summed E-state index contributed by atoms with van der Waals surface area (Å²) < 4.78 is 30.2. The van der Waals surface area contributed by atoms with Crippen molar-refractivity contribution in [3.8, 4) is 11.3 Å². The van der Waals surface area contributed by atoms with E-state index >= 15 is 0 Å². The molecule has 0 atom stereocenters. The minimum atomic E-state index is -3.57. The lowest BCUT2D eigenvalue weighted by Gasteiger charge is -2.06. The van der Waals surface area contributed by atoms with Crippen LogP contribution in [0.1, 0.15) is 16.8 Å². The Morgan fingerprint density at radius 1 is 1.08 bits per heavy atom. The largest absolute Gasteiger partial charge is 0.356 e. The molecule has 0 aliphatic heterocycles. The molecule has 0 aliphatic carbocycles. The molecule has 0 unspecified atom stereocenters. The van der Waals surface area contributed by atoms with Crippen molar-refractivity contribution in [2.24, 2.45) is 0 Å². The molecule has 26 heavy (non-hydrogen) atoms. The summed E-state index contributed by atoms with van der Waals surface area (Å²) in [5.41, 5.74) is 1.77. The zero-order valence-electron chi connectivity index (χ0n) is 14.0. The number of hydrogen-bond acceptors (Lipinski definition) is 6. The molecule has 1 aromatic heterocycles. The van der Waals surface area contributed by atoms with E-state index in [0.29, 0.717) is 22.6 Å². The number of nitro groups is 1. The zero-order valence-corrected chi connectivity index (χ0v) is 14.8. The Bertz CT molecular complexity index is 1040. The molecule has 0 saturated carbocycles. The summed E-state index contributed by atoms with van der Waals surface area (Å²) in [7, 11) is -3.57. The van der Waals surface area contributed by atoms with Crippen LogP contribution >= 0.6 is 0 Å². The molecule has 0 N–H and O–H groups in total. The first kappa shape index (κ1) is 17.8. The van der Waals surface area contributed by atoms with E-state index in [0.717, 1.165) is 5.56 Å². The monoisotopic (exact) mass is 372 g/mol. The van der Waals surface area contributed by atoms with Gasteiger partial charge in [0.15, 0.2) is 15.6 Å². The van der Waals surface area contributed by atoms with Gasteiger partial charge in [-0.25, -0.2) is 8.42 Å². The van der Waals surface area contributed by atoms with Crippen LogP contribution < -0.4 is 0 Å². The lowest BCUT2D eigenvalue weighted by Crippen LogP contribution is -2.09. The molecule has 3 rings (SSSR count). The smallest absolute Gasteiger partial charge is 0.272 e. The Hall–Kier alpha value is -3.00. The van der Waals surface area contributed by atoms with Gasteiger partial charge >= 0.3 is 0 Å². The van der Waals surface area contributed by atoms with Crippen molar-refractivity contribution in [1.29, 1.82) is 0 Å². The molecule has 0 saturated heterocycles. The van der Waals surface area contributed by atoms with Crippen molar-refractivity contribution >= 4 is 15.5 Å². The number of hydrogen-bond donors (Lipinski definition) is 0. The average Bonchev–Trinajstić information content (AvgIpc) is 3.05. The van der Waals surface area contributed by atoms with Crippen LogP contribution in [0.3, 0.4) is 0 Å². The van der Waals surface area contributed by atoms with E-state index in [9.17, 15) is 18.5 Å². The van der Waals surface area contributed by atoms with Gasteiger partial charge in [0, 0.05) is 23.3 Å². The molecule has 0 radical (unpaired) electrons. The third kappa shape index (κ3) is 3.97. The second-order valence-corrected chi connectivity index (χ2v) is 7.96. The van der Waals surface area contributed by atoms with Crippen molar-refractivity contribution in [3.05, 3.63) is 81.5 Å². The summed E-state index contributed by atoms with van der Waals surface area (Å²) in [6.07, 6.45) is 0. The minimum Gasteiger partial charge on any atom is -0.356 e. The van der Waals surface area contributed by atoms with Crippen molar-refractivity contribution in [2.75, 3.05) is 0 Å². The van der Waals surface area contributed by atoms with E-state index in [2.05, 4.69) is 5.16 Å². The number of nitro benzene ring substituents is 1. The molecule has 0 amide bonds. The van der Waals surface area contributed by atoms with E-state index < -0.39 is 14.8 Å². The van der Waals surface area contributed by atoms with Gasteiger partial charge in [0.1, 0.15) is 0 Å². The highest BCUT2D eigenvalue weighted by Crippen LogP contribution is 2.25. The van der Waals surface area contributed by atoms with Gasteiger partial charge < -0.3 is 4.52 Å². The van der Waals surface area contributed by atoms with Crippen LogP contribution in [0.5, 0.6) is 0 Å². The van der Waals surface area contributed by atoms with Crippen LogP contribution in [-0.2, 0) is 21.3 Å². The van der Waals surface area contributed by atoms with E-state index in [4.69, 9.17) is 4.52 Å². The minimum absolute atomic E-state index is 0.0921. The highest BCUT2D eigenvalue weighted by molar-refractivity contribution is 7.89. The quantitative estimate of drug-likeness (QED) is 0.483. The van der Waals surface area contributed by atoms with E-state index in [1.165, 1.54) is 12.1 Å². The summed E-state index contributed by atoms with van der Waals surface area (Å²) in [6, 6.07) is 15.3. The van der Waals surface area contributed by atoms with Crippen molar-refractivity contribution < 1.29 is 17.9 Å². The molecule has 0 spiro atoms. The zero-order chi connectivity index (χ0) is 18.7. The predicted molar refractivity (Wildman–Crippen MR) is 96.1 cm³/mol. The summed E-state index contributed by atoms with van der Waals surface area (Å²) in [5, 5.41) is 14.8. The number of aromatic nitrogens is 1. The third-order valence-corrected chi connectivity index (χ3v) is 5.46. The number of nitrogens with zero attached hydrogens (tertiary/aromatic N) is 2. The number of sulfone groups is 1. The van der Waals surface area contributed by atoms with Crippen LogP contribution in [0, 0.1) is 17.0 Å². The first-order valence-corrected chi connectivity index (χ1v) is 9.62.